The average Bonchev–Trinajstić information content (AvgIpc) is 3.21. The van der Waals surface area contributed by atoms with Crippen LogP contribution in [0, 0.1) is 5.82 Å². The van der Waals surface area contributed by atoms with Gasteiger partial charge in [-0.15, -0.1) is 0 Å². The van der Waals surface area contributed by atoms with E-state index in [0.29, 0.717) is 18.7 Å². The summed E-state index contributed by atoms with van der Waals surface area (Å²) in [6.07, 6.45) is 7.61. The van der Waals surface area contributed by atoms with Gasteiger partial charge in [-0.2, -0.15) is 0 Å². The number of hydrogen-bond donors (Lipinski definition) is 2. The van der Waals surface area contributed by atoms with E-state index in [2.05, 4.69) is 15.5 Å². The topological polar surface area (TPSA) is 61.4 Å². The molecule has 5 nitrogen and oxygen atoms in total. The third-order valence-electron chi connectivity index (χ3n) is 5.62. The van der Waals surface area contributed by atoms with Gasteiger partial charge in [0.25, 0.3) is 5.91 Å². The molecule has 6 heteroatoms. The van der Waals surface area contributed by atoms with Crippen molar-refractivity contribution in [1.82, 2.24) is 15.5 Å². The molecule has 3 rings (SSSR count). The Morgan fingerprint density at radius 2 is 1.54 bits per heavy atom. The molecule has 2 fully saturated rings. The lowest BCUT2D eigenvalue weighted by atomic mass is 9.79. The van der Waals surface area contributed by atoms with E-state index in [9.17, 15) is 14.0 Å². The highest BCUT2D eigenvalue weighted by molar-refractivity contribution is 5.94. The second-order valence-electron chi connectivity index (χ2n) is 7.31. The molecule has 1 aliphatic carbocycles. The first-order valence-electron chi connectivity index (χ1n) is 9.69. The summed E-state index contributed by atoms with van der Waals surface area (Å²) in [5, 5.41) is 5.80. The van der Waals surface area contributed by atoms with E-state index in [-0.39, 0.29) is 23.2 Å². The van der Waals surface area contributed by atoms with Crippen LogP contribution in [-0.2, 0) is 4.79 Å². The lowest BCUT2D eigenvalue weighted by Crippen LogP contribution is -2.59. The Labute approximate surface area is 154 Å². The number of hydrogen-bond acceptors (Lipinski definition) is 3. The third-order valence-corrected chi connectivity index (χ3v) is 5.62. The Kier molecular flexibility index (Phi) is 6.25. The zero-order valence-corrected chi connectivity index (χ0v) is 15.2. The molecule has 2 amide bonds. The van der Waals surface area contributed by atoms with E-state index in [1.54, 1.807) is 0 Å². The summed E-state index contributed by atoms with van der Waals surface area (Å²) in [4.78, 5) is 27.3. The zero-order chi connectivity index (χ0) is 18.4. The fourth-order valence-electron chi connectivity index (χ4n) is 4.19. The molecule has 1 aliphatic heterocycles. The van der Waals surface area contributed by atoms with Crippen molar-refractivity contribution >= 4 is 11.8 Å². The van der Waals surface area contributed by atoms with Crippen LogP contribution >= 0.6 is 0 Å². The highest BCUT2D eigenvalue weighted by Crippen LogP contribution is 2.36. The number of carbonyl (C=O) groups is 2. The number of carbonyl (C=O) groups excluding carboxylic acids is 2. The first-order chi connectivity index (χ1) is 12.6. The fraction of sp³-hybridized carbons (Fsp3) is 0.600. The number of halogens is 1. The minimum Gasteiger partial charge on any atom is -0.353 e. The van der Waals surface area contributed by atoms with E-state index in [1.807, 2.05) is 0 Å². The standard InChI is InChI=1S/C20H28FN3O2/c21-17-8-6-16(7-9-17)18(25)22-12-13-23-19(26)20(10-2-1-3-11-20)24-14-4-5-15-24/h6-9H,1-5,10-15H2,(H,22,25)(H,23,26). The van der Waals surface area contributed by atoms with Crippen molar-refractivity contribution in [2.75, 3.05) is 26.2 Å². The smallest absolute Gasteiger partial charge is 0.251 e. The van der Waals surface area contributed by atoms with Crippen LogP contribution in [0.1, 0.15) is 55.3 Å². The average molecular weight is 361 g/mol. The Bertz CT molecular complexity index is 620. The van der Waals surface area contributed by atoms with Crippen molar-refractivity contribution in [3.63, 3.8) is 0 Å². The molecule has 0 spiro atoms. The number of nitrogens with zero attached hydrogens (tertiary/aromatic N) is 1. The van der Waals surface area contributed by atoms with E-state index in [0.717, 1.165) is 38.8 Å². The second-order valence-corrected chi connectivity index (χ2v) is 7.31. The first kappa shape index (κ1) is 18.8. The molecule has 1 aromatic carbocycles. The molecule has 2 aliphatic rings. The van der Waals surface area contributed by atoms with Gasteiger partial charge in [0.05, 0.1) is 0 Å². The van der Waals surface area contributed by atoms with Gasteiger partial charge < -0.3 is 10.6 Å². The molecular weight excluding hydrogens is 333 g/mol. The largest absolute Gasteiger partial charge is 0.353 e. The molecule has 0 aromatic heterocycles. The molecule has 1 saturated carbocycles. The number of rotatable bonds is 6. The predicted octanol–water partition coefficient (Wildman–Crippen LogP) is 2.47. The molecule has 0 atom stereocenters. The Morgan fingerprint density at radius 1 is 0.923 bits per heavy atom. The summed E-state index contributed by atoms with van der Waals surface area (Å²) in [6, 6.07) is 5.43. The highest BCUT2D eigenvalue weighted by Gasteiger charge is 2.45. The molecule has 142 valence electrons. The van der Waals surface area contributed by atoms with E-state index < -0.39 is 0 Å². The normalized spacial score (nSPS) is 19.9. The molecular formula is C20H28FN3O2. The van der Waals surface area contributed by atoms with Crippen molar-refractivity contribution in [2.45, 2.75) is 50.5 Å². The van der Waals surface area contributed by atoms with Gasteiger partial charge in [0.15, 0.2) is 0 Å². The lowest BCUT2D eigenvalue weighted by molar-refractivity contribution is -0.135. The van der Waals surface area contributed by atoms with Gasteiger partial charge in [0.2, 0.25) is 5.91 Å². The van der Waals surface area contributed by atoms with Crippen LogP contribution in [0.4, 0.5) is 4.39 Å². The van der Waals surface area contributed by atoms with Gasteiger partial charge >= 0.3 is 0 Å². The molecule has 26 heavy (non-hydrogen) atoms. The van der Waals surface area contributed by atoms with Crippen LogP contribution in [0.15, 0.2) is 24.3 Å². The van der Waals surface area contributed by atoms with Crippen LogP contribution in [0.25, 0.3) is 0 Å². The molecule has 0 unspecified atom stereocenters. The van der Waals surface area contributed by atoms with Crippen LogP contribution < -0.4 is 10.6 Å². The summed E-state index contributed by atoms with van der Waals surface area (Å²) >= 11 is 0. The maximum atomic E-state index is 13.0. The van der Waals surface area contributed by atoms with Crippen molar-refractivity contribution in [1.29, 1.82) is 0 Å². The van der Waals surface area contributed by atoms with Gasteiger partial charge in [-0.05, 0) is 63.0 Å². The van der Waals surface area contributed by atoms with Gasteiger partial charge in [-0.1, -0.05) is 19.3 Å². The molecule has 1 heterocycles. The third kappa shape index (κ3) is 4.23. The van der Waals surface area contributed by atoms with Crippen LogP contribution in [-0.4, -0.2) is 48.4 Å². The molecule has 0 bridgehead atoms. The van der Waals surface area contributed by atoms with Gasteiger partial charge in [-0.3, -0.25) is 14.5 Å². The van der Waals surface area contributed by atoms with Gasteiger partial charge in [-0.25, -0.2) is 4.39 Å². The van der Waals surface area contributed by atoms with E-state index in [4.69, 9.17) is 0 Å². The van der Waals surface area contributed by atoms with Gasteiger partial charge in [0.1, 0.15) is 11.4 Å². The fourth-order valence-corrected chi connectivity index (χ4v) is 4.19. The predicted molar refractivity (Wildman–Crippen MR) is 98.4 cm³/mol. The van der Waals surface area contributed by atoms with Crippen molar-refractivity contribution in [2.24, 2.45) is 0 Å². The van der Waals surface area contributed by atoms with E-state index in [1.165, 1.54) is 43.5 Å². The summed E-state index contributed by atoms with van der Waals surface area (Å²) in [5.74, 6) is -0.519. The quantitative estimate of drug-likeness (QED) is 0.765. The number of amides is 2. The van der Waals surface area contributed by atoms with Crippen molar-refractivity contribution in [3.05, 3.63) is 35.6 Å². The molecule has 2 N–H and O–H groups in total. The van der Waals surface area contributed by atoms with Gasteiger partial charge in [0, 0.05) is 18.7 Å². The molecule has 0 radical (unpaired) electrons. The van der Waals surface area contributed by atoms with Crippen LogP contribution in [0.3, 0.4) is 0 Å². The lowest BCUT2D eigenvalue weighted by Gasteiger charge is -2.43. The monoisotopic (exact) mass is 361 g/mol. The second kappa shape index (κ2) is 8.62. The molecule has 1 aromatic rings. The Hall–Kier alpha value is -1.95. The number of nitrogens with one attached hydrogen (secondary N) is 2. The maximum Gasteiger partial charge on any atom is 0.251 e. The molecule has 1 saturated heterocycles. The van der Waals surface area contributed by atoms with Crippen LogP contribution in [0.5, 0.6) is 0 Å². The van der Waals surface area contributed by atoms with Crippen LogP contribution in [0.2, 0.25) is 0 Å². The maximum absolute atomic E-state index is 13.0. The summed E-state index contributed by atoms with van der Waals surface area (Å²) in [6.45, 7) is 2.78. The zero-order valence-electron chi connectivity index (χ0n) is 15.2. The minimum atomic E-state index is -0.367. The highest BCUT2D eigenvalue weighted by atomic mass is 19.1. The summed E-state index contributed by atoms with van der Waals surface area (Å²) < 4.78 is 12.9. The minimum absolute atomic E-state index is 0.107. The Balaban J connectivity index is 1.49. The number of benzene rings is 1. The summed E-state index contributed by atoms with van der Waals surface area (Å²) in [7, 11) is 0. The Morgan fingerprint density at radius 3 is 2.19 bits per heavy atom. The van der Waals surface area contributed by atoms with Crippen molar-refractivity contribution in [3.8, 4) is 0 Å². The van der Waals surface area contributed by atoms with E-state index >= 15 is 0 Å². The number of likely N-dealkylation sites (tertiary alicyclic amines) is 1. The van der Waals surface area contributed by atoms with Crippen molar-refractivity contribution < 1.29 is 14.0 Å². The first-order valence-corrected chi connectivity index (χ1v) is 9.69. The summed E-state index contributed by atoms with van der Waals surface area (Å²) in [5.41, 5.74) is 0.0638. The SMILES string of the molecule is O=C(NCCNC(=O)C1(N2CCCC2)CCCCC1)c1ccc(F)cc1.